The minimum atomic E-state index is -0.708. The molecule has 9 nitrogen and oxygen atoms in total. The summed E-state index contributed by atoms with van der Waals surface area (Å²) >= 11 is 12.5. The van der Waals surface area contributed by atoms with Gasteiger partial charge in [0.25, 0.3) is 5.91 Å². The van der Waals surface area contributed by atoms with E-state index in [2.05, 4.69) is 5.32 Å². The molecule has 3 heterocycles. The summed E-state index contributed by atoms with van der Waals surface area (Å²) in [6.45, 7) is 5.66. The molecule has 194 valence electrons. The average Bonchev–Trinajstić information content (AvgIpc) is 3.18. The minimum absolute atomic E-state index is 0.111. The number of likely N-dealkylation sites (N-methyl/N-ethyl adjacent to an activating group) is 1. The quantitative estimate of drug-likeness (QED) is 0.538. The summed E-state index contributed by atoms with van der Waals surface area (Å²) < 4.78 is 5.12. The molecule has 0 spiro atoms. The van der Waals surface area contributed by atoms with E-state index < -0.39 is 6.04 Å². The molecule has 3 aliphatic heterocycles. The van der Waals surface area contributed by atoms with Crippen LogP contribution < -0.4 is 5.32 Å². The number of esters is 1. The molecule has 0 saturated carbocycles. The molecule has 2 atom stereocenters. The standard InChI is InChI=1S/C25H30Cl2N4O5/c1-3-31-19-14-30(11-9-20(32)29-10-5-6-15(13-29)24(34)36-4-2)23(33)21(19)22(28-25(31)35)17-8-7-16(26)12-18(17)27/h7-8,12,15,22H,3-6,9-11,13-14H2,1-2H3,(H,28,35)/t15-,22-/m1/s1. The predicted molar refractivity (Wildman–Crippen MR) is 134 cm³/mol. The van der Waals surface area contributed by atoms with Gasteiger partial charge in [0.15, 0.2) is 0 Å². The SMILES string of the molecule is CCOC(=O)[C@@H]1CCCN(C(=O)CCN2CC3=C(C2=O)[C@@H](c2ccc(Cl)cc2Cl)NC(=O)N3CC)C1. The Labute approximate surface area is 220 Å². The van der Waals surface area contributed by atoms with Crippen molar-refractivity contribution in [1.82, 2.24) is 20.0 Å². The van der Waals surface area contributed by atoms with Crippen LogP contribution in [0.5, 0.6) is 0 Å². The van der Waals surface area contributed by atoms with Gasteiger partial charge in [-0.25, -0.2) is 4.79 Å². The smallest absolute Gasteiger partial charge is 0.322 e. The zero-order valence-electron chi connectivity index (χ0n) is 20.4. The third-order valence-electron chi connectivity index (χ3n) is 6.88. The van der Waals surface area contributed by atoms with Crippen LogP contribution in [0.3, 0.4) is 0 Å². The van der Waals surface area contributed by atoms with Crippen LogP contribution in [-0.2, 0) is 19.1 Å². The summed E-state index contributed by atoms with van der Waals surface area (Å²) in [7, 11) is 0. The molecule has 1 aromatic carbocycles. The minimum Gasteiger partial charge on any atom is -0.466 e. The molecule has 0 unspecified atom stereocenters. The van der Waals surface area contributed by atoms with Crippen LogP contribution in [0.2, 0.25) is 10.0 Å². The van der Waals surface area contributed by atoms with E-state index in [4.69, 9.17) is 27.9 Å². The Morgan fingerprint density at radius 2 is 1.97 bits per heavy atom. The summed E-state index contributed by atoms with van der Waals surface area (Å²) in [5.41, 5.74) is 1.66. The largest absolute Gasteiger partial charge is 0.466 e. The Morgan fingerprint density at radius 1 is 1.19 bits per heavy atom. The maximum atomic E-state index is 13.5. The number of likely N-dealkylation sites (tertiary alicyclic amines) is 1. The van der Waals surface area contributed by atoms with E-state index in [1.165, 1.54) is 0 Å². The lowest BCUT2D eigenvalue weighted by Crippen LogP contribution is -2.47. The van der Waals surface area contributed by atoms with E-state index in [9.17, 15) is 19.2 Å². The second-order valence-corrected chi connectivity index (χ2v) is 9.90. The van der Waals surface area contributed by atoms with Crippen molar-refractivity contribution >= 4 is 47.0 Å². The zero-order chi connectivity index (χ0) is 26.0. The van der Waals surface area contributed by atoms with Gasteiger partial charge in [-0.1, -0.05) is 29.3 Å². The third kappa shape index (κ3) is 5.18. The predicted octanol–water partition coefficient (Wildman–Crippen LogP) is 3.37. The lowest BCUT2D eigenvalue weighted by Gasteiger charge is -2.33. The van der Waals surface area contributed by atoms with E-state index in [1.807, 2.05) is 6.92 Å². The molecule has 0 aromatic heterocycles. The van der Waals surface area contributed by atoms with E-state index in [0.717, 1.165) is 6.42 Å². The first kappa shape index (κ1) is 26.3. The van der Waals surface area contributed by atoms with Crippen LogP contribution in [-0.4, -0.2) is 77.8 Å². The van der Waals surface area contributed by atoms with Gasteiger partial charge in [0.05, 0.1) is 36.4 Å². The van der Waals surface area contributed by atoms with Crippen LogP contribution in [0.1, 0.15) is 44.7 Å². The van der Waals surface area contributed by atoms with Crippen molar-refractivity contribution in [2.75, 3.05) is 39.3 Å². The first-order valence-electron chi connectivity index (χ1n) is 12.2. The molecule has 4 amide bonds. The van der Waals surface area contributed by atoms with Crippen LogP contribution in [0.15, 0.2) is 29.5 Å². The molecule has 4 rings (SSSR count). The fourth-order valence-corrected chi connectivity index (χ4v) is 5.59. The molecule has 0 radical (unpaired) electrons. The normalized spacial score (nSPS) is 22.1. The Balaban J connectivity index is 1.47. The highest BCUT2D eigenvalue weighted by Gasteiger charge is 2.44. The number of halogens is 2. The fraction of sp³-hybridized carbons (Fsp3) is 0.520. The second-order valence-electron chi connectivity index (χ2n) is 9.06. The number of piperidine rings is 1. The molecule has 3 aliphatic rings. The molecule has 1 N–H and O–H groups in total. The number of nitrogens with zero attached hydrogens (tertiary/aromatic N) is 3. The number of ether oxygens (including phenoxy) is 1. The topological polar surface area (TPSA) is 99.3 Å². The maximum absolute atomic E-state index is 13.5. The number of hydrogen-bond donors (Lipinski definition) is 1. The Morgan fingerprint density at radius 3 is 2.67 bits per heavy atom. The van der Waals surface area contributed by atoms with Crippen LogP contribution in [0.4, 0.5) is 4.79 Å². The van der Waals surface area contributed by atoms with Crippen molar-refractivity contribution in [2.45, 2.75) is 39.2 Å². The summed E-state index contributed by atoms with van der Waals surface area (Å²) in [6, 6.07) is 3.93. The van der Waals surface area contributed by atoms with Gasteiger partial charge in [-0.2, -0.15) is 0 Å². The van der Waals surface area contributed by atoms with Gasteiger partial charge in [-0.05, 0) is 44.4 Å². The molecule has 0 bridgehead atoms. The van der Waals surface area contributed by atoms with Crippen molar-refractivity contribution in [1.29, 1.82) is 0 Å². The second kappa shape index (κ2) is 11.1. The summed E-state index contributed by atoms with van der Waals surface area (Å²) in [5.74, 6) is -0.939. The number of hydrogen-bond acceptors (Lipinski definition) is 5. The molecule has 1 aromatic rings. The van der Waals surface area contributed by atoms with E-state index in [-0.39, 0.29) is 49.2 Å². The van der Waals surface area contributed by atoms with Crippen molar-refractivity contribution < 1.29 is 23.9 Å². The highest BCUT2D eigenvalue weighted by Crippen LogP contribution is 2.39. The van der Waals surface area contributed by atoms with Crippen molar-refractivity contribution in [3.63, 3.8) is 0 Å². The number of urea groups is 1. The number of carbonyl (C=O) groups excluding carboxylic acids is 4. The summed E-state index contributed by atoms with van der Waals surface area (Å²) in [4.78, 5) is 56.2. The summed E-state index contributed by atoms with van der Waals surface area (Å²) in [5, 5.41) is 3.70. The molecular formula is C25H30Cl2N4O5. The zero-order valence-corrected chi connectivity index (χ0v) is 21.9. The number of amides is 4. The lowest BCUT2D eigenvalue weighted by molar-refractivity contribution is -0.151. The van der Waals surface area contributed by atoms with Crippen LogP contribution >= 0.6 is 23.2 Å². The molecule has 36 heavy (non-hydrogen) atoms. The Bertz CT molecular complexity index is 1110. The Hall–Kier alpha value is -2.78. The average molecular weight is 537 g/mol. The molecular weight excluding hydrogens is 507 g/mol. The first-order chi connectivity index (χ1) is 17.2. The molecule has 0 aliphatic carbocycles. The van der Waals surface area contributed by atoms with Gasteiger partial charge in [0.1, 0.15) is 0 Å². The highest BCUT2D eigenvalue weighted by atomic mass is 35.5. The monoisotopic (exact) mass is 536 g/mol. The van der Waals surface area contributed by atoms with Crippen LogP contribution in [0.25, 0.3) is 0 Å². The Kier molecular flexibility index (Phi) is 8.10. The van der Waals surface area contributed by atoms with E-state index >= 15 is 0 Å². The highest BCUT2D eigenvalue weighted by molar-refractivity contribution is 6.35. The van der Waals surface area contributed by atoms with E-state index in [0.29, 0.717) is 59.5 Å². The van der Waals surface area contributed by atoms with Gasteiger partial charge in [0, 0.05) is 42.6 Å². The maximum Gasteiger partial charge on any atom is 0.322 e. The van der Waals surface area contributed by atoms with Gasteiger partial charge >= 0.3 is 12.0 Å². The third-order valence-corrected chi connectivity index (χ3v) is 7.44. The van der Waals surface area contributed by atoms with Crippen molar-refractivity contribution in [3.05, 3.63) is 45.1 Å². The molecule has 1 fully saturated rings. The number of benzene rings is 1. The van der Waals surface area contributed by atoms with Crippen molar-refractivity contribution in [3.8, 4) is 0 Å². The number of carbonyl (C=O) groups is 4. The first-order valence-corrected chi connectivity index (χ1v) is 13.0. The van der Waals surface area contributed by atoms with Gasteiger partial charge < -0.3 is 19.9 Å². The number of nitrogens with one attached hydrogen (secondary N) is 1. The van der Waals surface area contributed by atoms with Gasteiger partial charge in [0.2, 0.25) is 5.91 Å². The number of rotatable bonds is 7. The molecule has 11 heteroatoms. The van der Waals surface area contributed by atoms with Gasteiger partial charge in [-0.3, -0.25) is 19.3 Å². The summed E-state index contributed by atoms with van der Waals surface area (Å²) in [6.07, 6.45) is 1.56. The van der Waals surface area contributed by atoms with Crippen molar-refractivity contribution in [2.24, 2.45) is 5.92 Å². The van der Waals surface area contributed by atoms with Gasteiger partial charge in [-0.15, -0.1) is 0 Å². The molecule has 1 saturated heterocycles. The lowest BCUT2D eigenvalue weighted by atomic mass is 9.95. The van der Waals surface area contributed by atoms with Crippen LogP contribution in [0, 0.1) is 5.92 Å². The van der Waals surface area contributed by atoms with E-state index in [1.54, 1.807) is 39.8 Å². The fourth-order valence-electron chi connectivity index (χ4n) is 5.08.